The summed E-state index contributed by atoms with van der Waals surface area (Å²) >= 11 is 0. The minimum Gasteiger partial charge on any atom is -0.309 e. The molecule has 0 aliphatic rings. The summed E-state index contributed by atoms with van der Waals surface area (Å²) in [5, 5.41) is 7.44. The van der Waals surface area contributed by atoms with Crippen molar-refractivity contribution in [3.8, 4) is 0 Å². The fourth-order valence-electron chi connectivity index (χ4n) is 2.38. The lowest BCUT2D eigenvalue weighted by molar-refractivity contribution is 0.293. The Balaban J connectivity index is 4.16. The van der Waals surface area contributed by atoms with Crippen molar-refractivity contribution in [2.45, 2.75) is 104 Å². The Labute approximate surface area is 115 Å². The molecule has 0 fully saturated rings. The van der Waals surface area contributed by atoms with Gasteiger partial charge in [-0.25, -0.2) is 0 Å². The van der Waals surface area contributed by atoms with Crippen LogP contribution in [0.15, 0.2) is 0 Å². The molecule has 0 spiro atoms. The molecule has 0 radical (unpaired) electrons. The van der Waals surface area contributed by atoms with Crippen LogP contribution in [-0.2, 0) is 0 Å². The number of hydrogen-bond acceptors (Lipinski definition) is 2. The van der Waals surface area contributed by atoms with Gasteiger partial charge >= 0.3 is 0 Å². The molecule has 0 saturated heterocycles. The van der Waals surface area contributed by atoms with Crippen molar-refractivity contribution >= 4 is 0 Å². The van der Waals surface area contributed by atoms with Crippen molar-refractivity contribution < 1.29 is 0 Å². The van der Waals surface area contributed by atoms with Gasteiger partial charge in [-0.3, -0.25) is 0 Å². The molecule has 0 saturated carbocycles. The van der Waals surface area contributed by atoms with E-state index in [1.54, 1.807) is 0 Å². The average molecular weight is 256 g/mol. The molecule has 18 heavy (non-hydrogen) atoms. The summed E-state index contributed by atoms with van der Waals surface area (Å²) in [6.07, 6.45) is 4.94. The maximum absolute atomic E-state index is 3.72. The van der Waals surface area contributed by atoms with Gasteiger partial charge in [0.2, 0.25) is 0 Å². The van der Waals surface area contributed by atoms with E-state index in [1.807, 2.05) is 0 Å². The van der Waals surface area contributed by atoms with Crippen molar-refractivity contribution in [3.63, 3.8) is 0 Å². The zero-order valence-electron chi connectivity index (χ0n) is 14.0. The number of nitrogens with one attached hydrogen (secondary N) is 2. The van der Waals surface area contributed by atoms with E-state index in [-0.39, 0.29) is 11.1 Å². The van der Waals surface area contributed by atoms with E-state index in [0.29, 0.717) is 12.1 Å². The fraction of sp³-hybridized carbons (Fsp3) is 1.00. The van der Waals surface area contributed by atoms with E-state index >= 15 is 0 Å². The maximum Gasteiger partial charge on any atom is 0.00990 e. The Bertz CT molecular complexity index is 186. The van der Waals surface area contributed by atoms with Crippen molar-refractivity contribution in [3.05, 3.63) is 0 Å². The van der Waals surface area contributed by atoms with Gasteiger partial charge in [0.25, 0.3) is 0 Å². The third-order valence-electron chi connectivity index (χ3n) is 3.12. The SMILES string of the molecule is CCC(CCC(CC)NC(C)(C)C)NC(C)(C)C. The predicted octanol–water partition coefficient (Wildman–Crippen LogP) is 4.10. The van der Waals surface area contributed by atoms with Gasteiger partial charge in [-0.2, -0.15) is 0 Å². The molecule has 0 aliphatic heterocycles. The lowest BCUT2D eigenvalue weighted by Gasteiger charge is -2.31. The second kappa shape index (κ2) is 7.49. The zero-order valence-corrected chi connectivity index (χ0v) is 14.0. The number of hydrogen-bond donors (Lipinski definition) is 2. The van der Waals surface area contributed by atoms with Crippen molar-refractivity contribution in [1.82, 2.24) is 10.6 Å². The van der Waals surface area contributed by atoms with Crippen LogP contribution >= 0.6 is 0 Å². The minimum absolute atomic E-state index is 0.222. The average Bonchev–Trinajstić information content (AvgIpc) is 2.18. The van der Waals surface area contributed by atoms with E-state index in [1.165, 1.54) is 25.7 Å². The van der Waals surface area contributed by atoms with Gasteiger partial charge < -0.3 is 10.6 Å². The summed E-state index contributed by atoms with van der Waals surface area (Å²) in [7, 11) is 0. The van der Waals surface area contributed by atoms with E-state index in [4.69, 9.17) is 0 Å². The smallest absolute Gasteiger partial charge is 0.00990 e. The van der Waals surface area contributed by atoms with Crippen LogP contribution in [-0.4, -0.2) is 23.2 Å². The lowest BCUT2D eigenvalue weighted by Crippen LogP contribution is -2.46. The molecule has 0 rings (SSSR count). The minimum atomic E-state index is 0.222. The Morgan fingerprint density at radius 2 is 0.944 bits per heavy atom. The Hall–Kier alpha value is -0.0800. The summed E-state index contributed by atoms with van der Waals surface area (Å²) < 4.78 is 0. The van der Waals surface area contributed by atoms with Crippen LogP contribution in [0.3, 0.4) is 0 Å². The molecule has 0 aromatic heterocycles. The molecule has 0 aromatic rings. The highest BCUT2D eigenvalue weighted by atomic mass is 15.0. The molecule has 2 nitrogen and oxygen atoms in total. The molecule has 2 heteroatoms. The van der Waals surface area contributed by atoms with Crippen LogP contribution in [0, 0.1) is 0 Å². The molecular weight excluding hydrogens is 220 g/mol. The molecule has 110 valence electrons. The normalized spacial score (nSPS) is 16.7. The summed E-state index contributed by atoms with van der Waals surface area (Å²) in [6.45, 7) is 18.1. The van der Waals surface area contributed by atoms with Crippen LogP contribution in [0.1, 0.15) is 81.1 Å². The molecule has 2 atom stereocenters. The highest BCUT2D eigenvalue weighted by Gasteiger charge is 2.19. The first-order valence-corrected chi connectivity index (χ1v) is 7.62. The van der Waals surface area contributed by atoms with Gasteiger partial charge in [-0.05, 0) is 67.2 Å². The van der Waals surface area contributed by atoms with Gasteiger partial charge in [0.15, 0.2) is 0 Å². The first-order valence-electron chi connectivity index (χ1n) is 7.62. The van der Waals surface area contributed by atoms with Gasteiger partial charge in [-0.15, -0.1) is 0 Å². The van der Waals surface area contributed by atoms with E-state index in [0.717, 1.165) is 0 Å². The van der Waals surface area contributed by atoms with Gasteiger partial charge in [0.1, 0.15) is 0 Å². The first kappa shape index (κ1) is 17.9. The summed E-state index contributed by atoms with van der Waals surface area (Å²) in [5.74, 6) is 0. The third kappa shape index (κ3) is 9.90. The van der Waals surface area contributed by atoms with E-state index in [2.05, 4.69) is 66.0 Å². The molecule has 2 unspecified atom stereocenters. The van der Waals surface area contributed by atoms with Crippen LogP contribution in [0.2, 0.25) is 0 Å². The molecule has 0 heterocycles. The summed E-state index contributed by atoms with van der Waals surface area (Å²) in [5.41, 5.74) is 0.444. The largest absolute Gasteiger partial charge is 0.309 e. The zero-order chi connectivity index (χ0) is 14.4. The summed E-state index contributed by atoms with van der Waals surface area (Å²) in [6, 6.07) is 1.28. The highest BCUT2D eigenvalue weighted by molar-refractivity contribution is 4.81. The molecule has 0 bridgehead atoms. The van der Waals surface area contributed by atoms with Gasteiger partial charge in [-0.1, -0.05) is 13.8 Å². The molecule has 0 aliphatic carbocycles. The van der Waals surface area contributed by atoms with Gasteiger partial charge in [0.05, 0.1) is 0 Å². The monoisotopic (exact) mass is 256 g/mol. The van der Waals surface area contributed by atoms with E-state index < -0.39 is 0 Å². The highest BCUT2D eigenvalue weighted by Crippen LogP contribution is 2.13. The van der Waals surface area contributed by atoms with E-state index in [9.17, 15) is 0 Å². The van der Waals surface area contributed by atoms with Crippen molar-refractivity contribution in [1.29, 1.82) is 0 Å². The van der Waals surface area contributed by atoms with Crippen LogP contribution in [0.4, 0.5) is 0 Å². The maximum atomic E-state index is 3.72. The Morgan fingerprint density at radius 1 is 0.667 bits per heavy atom. The topological polar surface area (TPSA) is 24.1 Å². The summed E-state index contributed by atoms with van der Waals surface area (Å²) in [4.78, 5) is 0. The van der Waals surface area contributed by atoms with Crippen LogP contribution in [0.25, 0.3) is 0 Å². The van der Waals surface area contributed by atoms with Crippen molar-refractivity contribution in [2.75, 3.05) is 0 Å². The lowest BCUT2D eigenvalue weighted by atomic mass is 9.97. The molecule has 0 aromatic carbocycles. The quantitative estimate of drug-likeness (QED) is 0.716. The predicted molar refractivity (Wildman–Crippen MR) is 83.2 cm³/mol. The Kier molecular flexibility index (Phi) is 7.46. The third-order valence-corrected chi connectivity index (χ3v) is 3.12. The van der Waals surface area contributed by atoms with Crippen molar-refractivity contribution in [2.24, 2.45) is 0 Å². The molecular formula is C16H36N2. The van der Waals surface area contributed by atoms with Crippen LogP contribution < -0.4 is 10.6 Å². The number of rotatable bonds is 7. The van der Waals surface area contributed by atoms with Crippen LogP contribution in [0.5, 0.6) is 0 Å². The standard InChI is InChI=1S/C16H36N2/c1-9-13(17-15(3,4)5)11-12-14(10-2)18-16(6,7)8/h13-14,17-18H,9-12H2,1-8H3. The van der Waals surface area contributed by atoms with Gasteiger partial charge in [0, 0.05) is 23.2 Å². The molecule has 0 amide bonds. The fourth-order valence-corrected chi connectivity index (χ4v) is 2.38. The molecule has 2 N–H and O–H groups in total. The first-order chi connectivity index (χ1) is 8.07. The second-order valence-corrected chi connectivity index (χ2v) is 7.58. The Morgan fingerprint density at radius 3 is 1.11 bits per heavy atom. The second-order valence-electron chi connectivity index (χ2n) is 7.58.